The van der Waals surface area contributed by atoms with Gasteiger partial charge in [-0.2, -0.15) is 0 Å². The molecule has 4 heteroatoms. The molecule has 43 heavy (non-hydrogen) atoms. The molecule has 0 atom stereocenters. The largest absolute Gasteiger partial charge is 0.508 e. The summed E-state index contributed by atoms with van der Waals surface area (Å²) in [5, 5.41) is 37.8. The number of rotatable bonds is 4. The maximum Gasteiger partial charge on any atom is 0.118 e. The first kappa shape index (κ1) is 36.2. The summed E-state index contributed by atoms with van der Waals surface area (Å²) in [5.41, 5.74) is 5.98. The van der Waals surface area contributed by atoms with Gasteiger partial charge in [0.25, 0.3) is 0 Å². The van der Waals surface area contributed by atoms with E-state index in [0.717, 1.165) is 33.4 Å². The normalized spacial score (nSPS) is 10.1. The third kappa shape index (κ3) is 10.5. The zero-order chi connectivity index (χ0) is 32.8. The van der Waals surface area contributed by atoms with Crippen LogP contribution in [0.5, 0.6) is 23.0 Å². The Morgan fingerprint density at radius 1 is 0.488 bits per heavy atom. The molecule has 0 unspecified atom stereocenters. The van der Waals surface area contributed by atoms with E-state index in [1.807, 2.05) is 76.2 Å². The maximum atomic E-state index is 9.63. The Morgan fingerprint density at radius 3 is 1.00 bits per heavy atom. The molecule has 0 aromatic heterocycles. The second-order valence-corrected chi connectivity index (χ2v) is 11.1. The van der Waals surface area contributed by atoms with Crippen molar-refractivity contribution < 1.29 is 20.4 Å². The first-order chi connectivity index (χ1) is 20.1. The third-order valence-corrected chi connectivity index (χ3v) is 7.26. The van der Waals surface area contributed by atoms with Crippen LogP contribution >= 0.6 is 0 Å². The highest BCUT2D eigenvalue weighted by atomic mass is 16.3. The number of hydrogen-bond acceptors (Lipinski definition) is 4. The van der Waals surface area contributed by atoms with E-state index in [4.69, 9.17) is 0 Å². The van der Waals surface area contributed by atoms with Crippen molar-refractivity contribution in [3.8, 4) is 47.2 Å². The minimum absolute atomic E-state index is 0.151. The second kappa shape index (κ2) is 16.6. The molecule has 0 saturated carbocycles. The van der Waals surface area contributed by atoms with Crippen LogP contribution < -0.4 is 0 Å². The van der Waals surface area contributed by atoms with E-state index < -0.39 is 0 Å². The Bertz CT molecular complexity index is 1440. The van der Waals surface area contributed by atoms with Crippen LogP contribution in [0.2, 0.25) is 0 Å². The lowest BCUT2D eigenvalue weighted by molar-refractivity contribution is 0.469. The fourth-order valence-corrected chi connectivity index (χ4v) is 4.18. The number of phenolic OH excluding ortho intramolecular Hbond substituents is 4. The summed E-state index contributed by atoms with van der Waals surface area (Å²) >= 11 is 0. The van der Waals surface area contributed by atoms with Gasteiger partial charge in [0, 0.05) is 10.8 Å². The van der Waals surface area contributed by atoms with Gasteiger partial charge in [0.05, 0.1) is 0 Å². The number of hydrogen-bond donors (Lipinski definition) is 4. The first-order valence-corrected chi connectivity index (χ1v) is 14.1. The minimum atomic E-state index is -0.170. The van der Waals surface area contributed by atoms with Crippen molar-refractivity contribution >= 4 is 0 Å². The van der Waals surface area contributed by atoms with Crippen molar-refractivity contribution in [2.75, 3.05) is 0 Å². The second-order valence-electron chi connectivity index (χ2n) is 11.1. The molecule has 0 fully saturated rings. The van der Waals surface area contributed by atoms with Crippen LogP contribution in [0.3, 0.4) is 0 Å². The summed E-state index contributed by atoms with van der Waals surface area (Å²) in [7, 11) is 0. The van der Waals surface area contributed by atoms with Gasteiger partial charge in [-0.05, 0) is 104 Å². The van der Waals surface area contributed by atoms with E-state index in [1.54, 1.807) is 43.3 Å². The van der Waals surface area contributed by atoms with Gasteiger partial charge in [0.15, 0.2) is 0 Å². The fraction of sp³-hybridized carbons (Fsp3) is 0.282. The average molecular weight is 579 g/mol. The molecule has 0 heterocycles. The number of terminal acetylenes is 1. The van der Waals surface area contributed by atoms with Gasteiger partial charge in [-0.3, -0.25) is 0 Å². The molecule has 226 valence electrons. The molecule has 0 aliphatic carbocycles. The molecular weight excluding hydrogens is 532 g/mol. The Balaban J connectivity index is 0.000000355. The molecule has 4 aromatic carbocycles. The number of phenols is 4. The van der Waals surface area contributed by atoms with Gasteiger partial charge in [-0.1, -0.05) is 76.2 Å². The molecule has 0 bridgehead atoms. The molecule has 0 amide bonds. The molecule has 4 rings (SSSR count). The van der Waals surface area contributed by atoms with Gasteiger partial charge >= 0.3 is 0 Å². The van der Waals surface area contributed by atoms with E-state index in [-0.39, 0.29) is 22.3 Å². The van der Waals surface area contributed by atoms with Crippen molar-refractivity contribution in [2.24, 2.45) is 0 Å². The Labute approximate surface area is 258 Å². The third-order valence-electron chi connectivity index (χ3n) is 7.26. The quantitative estimate of drug-likeness (QED) is 0.182. The van der Waals surface area contributed by atoms with Crippen molar-refractivity contribution in [3.05, 3.63) is 118 Å². The molecule has 0 aliphatic rings. The number of aromatic hydroxyl groups is 4. The van der Waals surface area contributed by atoms with Crippen LogP contribution in [0.1, 0.15) is 81.8 Å². The van der Waals surface area contributed by atoms with E-state index >= 15 is 0 Å². The van der Waals surface area contributed by atoms with E-state index in [9.17, 15) is 20.4 Å². The molecule has 0 saturated heterocycles. The van der Waals surface area contributed by atoms with Crippen molar-refractivity contribution in [3.63, 3.8) is 0 Å². The summed E-state index contributed by atoms with van der Waals surface area (Å²) in [6.07, 6.45) is 4.60. The van der Waals surface area contributed by atoms with Gasteiger partial charge in [-0.25, -0.2) is 0 Å². The smallest absolute Gasteiger partial charge is 0.118 e. The van der Waals surface area contributed by atoms with Crippen molar-refractivity contribution in [2.45, 2.75) is 73.1 Å². The van der Waals surface area contributed by atoms with Crippen molar-refractivity contribution in [1.82, 2.24) is 0 Å². The monoisotopic (exact) mass is 578 g/mol. The molecule has 0 aliphatic heterocycles. The number of benzene rings is 4. The van der Waals surface area contributed by atoms with Crippen LogP contribution in [0.25, 0.3) is 0 Å². The van der Waals surface area contributed by atoms with Gasteiger partial charge in [0.2, 0.25) is 0 Å². The molecular formula is C39H46O4. The molecule has 4 nitrogen and oxygen atoms in total. The highest BCUT2D eigenvalue weighted by Crippen LogP contribution is 2.35. The van der Waals surface area contributed by atoms with Crippen LogP contribution in [0.4, 0.5) is 0 Å². The van der Waals surface area contributed by atoms with Gasteiger partial charge < -0.3 is 20.4 Å². The van der Waals surface area contributed by atoms with Crippen LogP contribution in [-0.4, -0.2) is 20.4 Å². The highest BCUT2D eigenvalue weighted by molar-refractivity contribution is 5.46. The lowest BCUT2D eigenvalue weighted by Crippen LogP contribution is -2.19. The van der Waals surface area contributed by atoms with E-state index in [0.29, 0.717) is 11.5 Å². The summed E-state index contributed by atoms with van der Waals surface area (Å²) < 4.78 is 0. The molecule has 0 spiro atoms. The maximum absolute atomic E-state index is 9.63. The summed E-state index contributed by atoms with van der Waals surface area (Å²) in [4.78, 5) is 0. The first-order valence-electron chi connectivity index (χ1n) is 14.1. The topological polar surface area (TPSA) is 80.9 Å². The highest BCUT2D eigenvalue weighted by Gasteiger charge is 2.24. The lowest BCUT2D eigenvalue weighted by Gasteiger charge is -2.27. The van der Waals surface area contributed by atoms with E-state index in [2.05, 4.69) is 51.9 Å². The van der Waals surface area contributed by atoms with E-state index in [1.165, 1.54) is 0 Å². The van der Waals surface area contributed by atoms with Crippen LogP contribution in [-0.2, 0) is 10.8 Å². The number of aryl methyl sites for hydroxylation is 2. The van der Waals surface area contributed by atoms with Crippen molar-refractivity contribution in [1.29, 1.82) is 0 Å². The summed E-state index contributed by atoms with van der Waals surface area (Å²) in [6.45, 7) is 17.6. The zero-order valence-corrected chi connectivity index (χ0v) is 26.9. The summed E-state index contributed by atoms with van der Waals surface area (Å²) in [6, 6.07) is 25.8. The Hall–Kier alpha value is -4.80. The Kier molecular flexibility index (Phi) is 14.0. The zero-order valence-electron chi connectivity index (χ0n) is 26.9. The molecule has 0 radical (unpaired) electrons. The van der Waals surface area contributed by atoms with Gasteiger partial charge in [-0.15, -0.1) is 24.2 Å². The minimum Gasteiger partial charge on any atom is -0.508 e. The fourth-order valence-electron chi connectivity index (χ4n) is 4.18. The SMILES string of the molecule is C#CC.CC#CC.CC(C)(c1ccc(O)cc1)c1ccc(O)cc1.Cc1cc(C(C)(C)c2ccc(O)c(C)c2)ccc1O. The Morgan fingerprint density at radius 2 is 0.744 bits per heavy atom. The van der Waals surface area contributed by atoms with Gasteiger partial charge in [0.1, 0.15) is 23.0 Å². The van der Waals surface area contributed by atoms with Crippen LogP contribution in [0, 0.1) is 38.0 Å². The summed E-state index contributed by atoms with van der Waals surface area (Å²) in [5.74, 6) is 8.80. The average Bonchev–Trinajstić information content (AvgIpc) is 2.97. The predicted molar refractivity (Wildman–Crippen MR) is 180 cm³/mol. The predicted octanol–water partition coefficient (Wildman–Crippen LogP) is 9.13. The standard InChI is InChI=1S/C17H20O2.C15H16O2.C4H6.C3H4/c1-11-9-13(5-7-15(11)18)17(3,4)14-6-8-16(19)12(2)10-14;1-15(2,11-3-7-13(16)8-4-11)12-5-9-14(17)10-6-12;1-3-4-2;1-3-2/h5-10,18-19H,1-4H3;3-10,16-17H,1-2H3;1-2H3;1H,2H3. The lowest BCUT2D eigenvalue weighted by atomic mass is 9.77. The van der Waals surface area contributed by atoms with Crippen LogP contribution in [0.15, 0.2) is 84.9 Å². The molecule has 4 aromatic rings. The molecule has 4 N–H and O–H groups in total.